The molecule has 8 heteroatoms. The summed E-state index contributed by atoms with van der Waals surface area (Å²) in [5, 5.41) is 9.63. The summed E-state index contributed by atoms with van der Waals surface area (Å²) in [5.41, 5.74) is 1.95. The predicted molar refractivity (Wildman–Crippen MR) is 140 cm³/mol. The highest BCUT2D eigenvalue weighted by Gasteiger charge is 2.19. The molecule has 0 spiro atoms. The molecule has 1 N–H and O–H groups in total. The molecule has 0 aliphatic carbocycles. The van der Waals surface area contributed by atoms with Crippen LogP contribution in [0.5, 0.6) is 11.5 Å². The zero-order valence-corrected chi connectivity index (χ0v) is 21.1. The summed E-state index contributed by atoms with van der Waals surface area (Å²) in [7, 11) is 1.27. The number of esters is 3. The molecular formula is C30H28O8. The van der Waals surface area contributed by atoms with Gasteiger partial charge in [0.15, 0.2) is 0 Å². The van der Waals surface area contributed by atoms with Crippen molar-refractivity contribution in [2.45, 2.75) is 32.6 Å². The smallest absolute Gasteiger partial charge is 0.343 e. The first-order valence-corrected chi connectivity index (χ1v) is 12.1. The van der Waals surface area contributed by atoms with Crippen molar-refractivity contribution in [1.82, 2.24) is 0 Å². The third kappa shape index (κ3) is 7.89. The largest absolute Gasteiger partial charge is 0.478 e. The maximum Gasteiger partial charge on any atom is 0.343 e. The van der Waals surface area contributed by atoms with Gasteiger partial charge in [-0.05, 0) is 72.5 Å². The summed E-state index contributed by atoms with van der Waals surface area (Å²) in [4.78, 5) is 48.1. The topological polar surface area (TPSA) is 116 Å². The van der Waals surface area contributed by atoms with Gasteiger partial charge in [0.1, 0.15) is 17.1 Å². The Bertz CT molecular complexity index is 1320. The van der Waals surface area contributed by atoms with E-state index in [1.807, 2.05) is 12.1 Å². The predicted octanol–water partition coefficient (Wildman–Crippen LogP) is 5.74. The van der Waals surface area contributed by atoms with E-state index in [9.17, 15) is 24.3 Å². The van der Waals surface area contributed by atoms with E-state index in [1.54, 1.807) is 24.3 Å². The number of carbonyl (C=O) groups is 4. The second-order valence-corrected chi connectivity index (χ2v) is 8.37. The van der Waals surface area contributed by atoms with Crippen LogP contribution in [0.1, 0.15) is 68.4 Å². The minimum atomic E-state index is -1.35. The van der Waals surface area contributed by atoms with Gasteiger partial charge in [-0.3, -0.25) is 0 Å². The van der Waals surface area contributed by atoms with Crippen LogP contribution in [0.25, 0.3) is 6.08 Å². The van der Waals surface area contributed by atoms with Crippen LogP contribution in [0.3, 0.4) is 0 Å². The molecule has 0 saturated heterocycles. The minimum absolute atomic E-state index is 0.0294. The summed E-state index contributed by atoms with van der Waals surface area (Å²) < 4.78 is 15.2. The fraction of sp³-hybridized carbons (Fsp3) is 0.200. The molecule has 0 bridgehead atoms. The third-order valence-electron chi connectivity index (χ3n) is 5.61. The van der Waals surface area contributed by atoms with E-state index in [2.05, 4.69) is 11.7 Å². The quantitative estimate of drug-likeness (QED) is 0.148. The normalized spacial score (nSPS) is 10.7. The number of ether oxygens (including phenoxy) is 3. The van der Waals surface area contributed by atoms with Crippen molar-refractivity contribution in [2.24, 2.45) is 0 Å². The highest BCUT2D eigenvalue weighted by Crippen LogP contribution is 2.26. The average Bonchev–Trinajstić information content (AvgIpc) is 2.93. The lowest BCUT2D eigenvalue weighted by atomic mass is 10.1. The van der Waals surface area contributed by atoms with Gasteiger partial charge in [0.05, 0.1) is 18.2 Å². The van der Waals surface area contributed by atoms with Gasteiger partial charge >= 0.3 is 23.9 Å². The lowest BCUT2D eigenvalue weighted by Gasteiger charge is -2.10. The SMILES string of the molecule is CCCCCc1ccc(C(=O)Oc2ccc(OC(=O)c3ccc(C=CC(=O)OC)cc3)cc2C(=O)O)cc1. The van der Waals surface area contributed by atoms with Crippen molar-refractivity contribution in [1.29, 1.82) is 0 Å². The van der Waals surface area contributed by atoms with Gasteiger partial charge in [0.25, 0.3) is 0 Å². The number of rotatable bonds is 11. The number of unbranched alkanes of at least 4 members (excludes halogenated alkanes) is 2. The van der Waals surface area contributed by atoms with Gasteiger partial charge in [-0.1, -0.05) is 44.0 Å². The van der Waals surface area contributed by atoms with E-state index in [1.165, 1.54) is 43.5 Å². The van der Waals surface area contributed by atoms with Crippen LogP contribution in [0.15, 0.2) is 72.8 Å². The lowest BCUT2D eigenvalue weighted by Crippen LogP contribution is -2.13. The molecule has 3 aromatic rings. The molecule has 3 aromatic carbocycles. The molecule has 0 saturated carbocycles. The van der Waals surface area contributed by atoms with Gasteiger partial charge < -0.3 is 19.3 Å². The molecule has 0 radical (unpaired) electrons. The van der Waals surface area contributed by atoms with Crippen LogP contribution < -0.4 is 9.47 Å². The van der Waals surface area contributed by atoms with Crippen LogP contribution in [0, 0.1) is 0 Å². The van der Waals surface area contributed by atoms with E-state index in [0.29, 0.717) is 11.1 Å². The Kier molecular flexibility index (Phi) is 9.93. The first-order valence-electron chi connectivity index (χ1n) is 12.1. The van der Waals surface area contributed by atoms with Gasteiger partial charge in [-0.15, -0.1) is 0 Å². The molecular weight excluding hydrogens is 488 g/mol. The first kappa shape index (κ1) is 27.9. The number of benzene rings is 3. The Balaban J connectivity index is 1.67. The number of carboxylic acid groups (broad SMARTS) is 1. The standard InChI is InChI=1S/C30H28O8/c1-3-4-5-6-20-7-12-23(13-8-20)30(35)38-26-17-16-24(19-25(26)28(32)33)37-29(34)22-14-9-21(10-15-22)11-18-27(31)36-2/h7-19H,3-6H2,1-2H3,(H,32,33). The molecule has 0 fully saturated rings. The second kappa shape index (κ2) is 13.5. The number of methoxy groups -OCH3 is 1. The zero-order valence-electron chi connectivity index (χ0n) is 21.1. The maximum atomic E-state index is 12.6. The van der Waals surface area contributed by atoms with Crippen LogP contribution in [0.2, 0.25) is 0 Å². The number of aromatic carboxylic acids is 1. The Labute approximate surface area is 220 Å². The average molecular weight is 517 g/mol. The summed E-state index contributed by atoms with van der Waals surface area (Å²) >= 11 is 0. The van der Waals surface area contributed by atoms with Gasteiger partial charge in [-0.25, -0.2) is 19.2 Å². The summed E-state index contributed by atoms with van der Waals surface area (Å²) in [6.45, 7) is 2.13. The number of carboxylic acids is 1. The molecule has 196 valence electrons. The van der Waals surface area contributed by atoms with E-state index in [4.69, 9.17) is 9.47 Å². The van der Waals surface area contributed by atoms with Crippen molar-refractivity contribution >= 4 is 30.0 Å². The monoisotopic (exact) mass is 516 g/mol. The molecule has 38 heavy (non-hydrogen) atoms. The van der Waals surface area contributed by atoms with Crippen molar-refractivity contribution in [3.05, 3.63) is 101 Å². The van der Waals surface area contributed by atoms with Crippen molar-refractivity contribution in [3.8, 4) is 11.5 Å². The van der Waals surface area contributed by atoms with Crippen molar-refractivity contribution in [2.75, 3.05) is 7.11 Å². The highest BCUT2D eigenvalue weighted by molar-refractivity contribution is 5.96. The lowest BCUT2D eigenvalue weighted by molar-refractivity contribution is -0.134. The van der Waals surface area contributed by atoms with Crippen LogP contribution in [-0.2, 0) is 16.0 Å². The number of aryl methyl sites for hydroxylation is 1. The summed E-state index contributed by atoms with van der Waals surface area (Å²) in [6, 6.07) is 17.0. The van der Waals surface area contributed by atoms with Crippen molar-refractivity contribution < 1.29 is 38.5 Å². The summed E-state index contributed by atoms with van der Waals surface area (Å²) in [6.07, 6.45) is 7.03. The molecule has 0 aliphatic rings. The van der Waals surface area contributed by atoms with Crippen molar-refractivity contribution in [3.63, 3.8) is 0 Å². The molecule has 0 heterocycles. The van der Waals surface area contributed by atoms with Gasteiger partial charge in [0.2, 0.25) is 0 Å². The maximum absolute atomic E-state index is 12.6. The third-order valence-corrected chi connectivity index (χ3v) is 5.61. The Hall–Kier alpha value is -4.72. The first-order chi connectivity index (χ1) is 18.3. The fourth-order valence-electron chi connectivity index (χ4n) is 3.50. The minimum Gasteiger partial charge on any atom is -0.478 e. The molecule has 8 nitrogen and oxygen atoms in total. The molecule has 3 rings (SSSR count). The van der Waals surface area contributed by atoms with E-state index in [-0.39, 0.29) is 22.6 Å². The molecule has 0 atom stereocenters. The van der Waals surface area contributed by atoms with E-state index in [0.717, 1.165) is 37.3 Å². The van der Waals surface area contributed by atoms with Crippen LogP contribution >= 0.6 is 0 Å². The van der Waals surface area contributed by atoms with E-state index < -0.39 is 23.9 Å². The summed E-state index contributed by atoms with van der Waals surface area (Å²) in [5.74, 6) is -3.46. The Morgan fingerprint density at radius 1 is 0.816 bits per heavy atom. The Morgan fingerprint density at radius 3 is 2.05 bits per heavy atom. The molecule has 0 aromatic heterocycles. The molecule has 0 amide bonds. The number of carbonyl (C=O) groups excluding carboxylic acids is 3. The zero-order chi connectivity index (χ0) is 27.5. The highest BCUT2D eigenvalue weighted by atomic mass is 16.5. The number of hydrogen-bond acceptors (Lipinski definition) is 7. The fourth-order valence-corrected chi connectivity index (χ4v) is 3.50. The van der Waals surface area contributed by atoms with Crippen LogP contribution in [-0.4, -0.2) is 36.1 Å². The number of hydrogen-bond donors (Lipinski definition) is 1. The van der Waals surface area contributed by atoms with E-state index >= 15 is 0 Å². The second-order valence-electron chi connectivity index (χ2n) is 8.37. The van der Waals surface area contributed by atoms with Crippen LogP contribution in [0.4, 0.5) is 0 Å². The molecule has 0 aliphatic heterocycles. The Morgan fingerprint density at radius 2 is 1.45 bits per heavy atom. The van der Waals surface area contributed by atoms with Gasteiger partial charge in [-0.2, -0.15) is 0 Å². The van der Waals surface area contributed by atoms with Gasteiger partial charge in [0, 0.05) is 6.08 Å². The molecule has 0 unspecified atom stereocenters.